The maximum atomic E-state index is 5.40. The van der Waals surface area contributed by atoms with Gasteiger partial charge in [0.1, 0.15) is 0 Å². The number of aromatic nitrogens is 4. The van der Waals surface area contributed by atoms with Gasteiger partial charge in [0.25, 0.3) is 0 Å². The third kappa shape index (κ3) is 4.53. The van der Waals surface area contributed by atoms with Crippen LogP contribution in [0.3, 0.4) is 0 Å². The minimum atomic E-state index is 0.695. The Balaban J connectivity index is 1.08. The summed E-state index contributed by atoms with van der Waals surface area (Å²) in [6.07, 6.45) is 0. The molecule has 56 heavy (non-hydrogen) atoms. The Morgan fingerprint density at radius 1 is 0.321 bits per heavy atom. The molecule has 0 aliphatic heterocycles. The third-order valence-electron chi connectivity index (χ3n) is 11.5. The number of hydrogen-bond donors (Lipinski definition) is 0. The fourth-order valence-corrected chi connectivity index (χ4v) is 9.01. The highest BCUT2D eigenvalue weighted by Gasteiger charge is 2.19. The second-order valence-electron chi connectivity index (χ2n) is 14.6. The molecule has 0 unspecified atom stereocenters. The molecule has 0 radical (unpaired) electrons. The number of benzene rings is 9. The molecule has 3 heterocycles. The predicted molar refractivity (Wildman–Crippen MR) is 234 cm³/mol. The summed E-state index contributed by atoms with van der Waals surface area (Å²) in [5.41, 5.74) is 10.7. The molecule has 0 saturated heterocycles. The summed E-state index contributed by atoms with van der Waals surface area (Å²) >= 11 is 0. The molecule has 3 aromatic heterocycles. The van der Waals surface area contributed by atoms with Gasteiger partial charge in [-0.1, -0.05) is 140 Å². The molecule has 0 N–H and O–H groups in total. The Bertz CT molecular complexity index is 3440. The average Bonchev–Trinajstić information content (AvgIpc) is 3.79. The van der Waals surface area contributed by atoms with Crippen LogP contribution in [0.4, 0.5) is 0 Å². The van der Waals surface area contributed by atoms with E-state index in [2.05, 4.69) is 203 Å². The van der Waals surface area contributed by atoms with Crippen molar-refractivity contribution in [2.24, 2.45) is 0 Å². The van der Waals surface area contributed by atoms with Crippen LogP contribution in [0.5, 0.6) is 0 Å². The van der Waals surface area contributed by atoms with Crippen LogP contribution < -0.4 is 0 Å². The lowest BCUT2D eigenvalue weighted by atomic mass is 10.00. The minimum absolute atomic E-state index is 0.695. The SMILES string of the molecule is c1ccc(-n2c3ccccc3c3ccc(-c4nc(-c5cccc(-n6c7ccc8ccccc8c7c7c8ccccc8ccc76)c5)nc5ccccc45)cc32)cc1. The molecule has 260 valence electrons. The van der Waals surface area contributed by atoms with E-state index in [0.29, 0.717) is 5.82 Å². The fraction of sp³-hybridized carbons (Fsp3) is 0. The van der Waals surface area contributed by atoms with Gasteiger partial charge >= 0.3 is 0 Å². The normalized spacial score (nSPS) is 11.9. The van der Waals surface area contributed by atoms with Crippen LogP contribution in [0.1, 0.15) is 0 Å². The number of rotatable bonds is 4. The highest BCUT2D eigenvalue weighted by Crippen LogP contribution is 2.41. The van der Waals surface area contributed by atoms with E-state index in [1.165, 1.54) is 59.6 Å². The van der Waals surface area contributed by atoms with Gasteiger partial charge in [-0.3, -0.25) is 0 Å². The van der Waals surface area contributed by atoms with E-state index in [4.69, 9.17) is 9.97 Å². The van der Waals surface area contributed by atoms with Crippen molar-refractivity contribution in [3.05, 3.63) is 194 Å². The van der Waals surface area contributed by atoms with Crippen molar-refractivity contribution in [2.75, 3.05) is 0 Å². The Labute approximate surface area is 322 Å². The molecular formula is C52H32N4. The summed E-state index contributed by atoms with van der Waals surface area (Å²) in [5, 5.41) is 11.0. The lowest BCUT2D eigenvalue weighted by Gasteiger charge is -2.13. The van der Waals surface area contributed by atoms with Crippen LogP contribution in [0.2, 0.25) is 0 Å². The first kappa shape index (κ1) is 30.9. The summed E-state index contributed by atoms with van der Waals surface area (Å²) in [6.45, 7) is 0. The molecule has 0 amide bonds. The molecule has 0 aliphatic carbocycles. The second kappa shape index (κ2) is 12.0. The highest BCUT2D eigenvalue weighted by molar-refractivity contribution is 6.28. The molecule has 12 aromatic rings. The predicted octanol–water partition coefficient (Wildman–Crippen LogP) is 13.5. The van der Waals surface area contributed by atoms with Crippen molar-refractivity contribution >= 4 is 76.1 Å². The zero-order valence-corrected chi connectivity index (χ0v) is 30.3. The van der Waals surface area contributed by atoms with Crippen molar-refractivity contribution in [1.29, 1.82) is 0 Å². The number of para-hydroxylation sites is 3. The average molecular weight is 713 g/mol. The van der Waals surface area contributed by atoms with Gasteiger partial charge in [-0.2, -0.15) is 0 Å². The first-order valence-corrected chi connectivity index (χ1v) is 19.1. The van der Waals surface area contributed by atoms with Crippen LogP contribution in [-0.4, -0.2) is 19.1 Å². The molecule has 4 heteroatoms. The lowest BCUT2D eigenvalue weighted by molar-refractivity contribution is 1.17. The molecule has 0 fully saturated rings. The van der Waals surface area contributed by atoms with E-state index < -0.39 is 0 Å². The smallest absolute Gasteiger partial charge is 0.160 e. The van der Waals surface area contributed by atoms with E-state index in [0.717, 1.165) is 44.6 Å². The van der Waals surface area contributed by atoms with Crippen molar-refractivity contribution in [3.8, 4) is 34.0 Å². The molecule has 12 rings (SSSR count). The van der Waals surface area contributed by atoms with Gasteiger partial charge in [0.2, 0.25) is 0 Å². The molecule has 4 nitrogen and oxygen atoms in total. The van der Waals surface area contributed by atoms with Crippen LogP contribution in [-0.2, 0) is 0 Å². The van der Waals surface area contributed by atoms with E-state index in [9.17, 15) is 0 Å². The van der Waals surface area contributed by atoms with Gasteiger partial charge in [0, 0.05) is 49.4 Å². The Hall–Kier alpha value is -7.56. The van der Waals surface area contributed by atoms with Crippen molar-refractivity contribution < 1.29 is 0 Å². The summed E-state index contributed by atoms with van der Waals surface area (Å²) in [7, 11) is 0. The summed E-state index contributed by atoms with van der Waals surface area (Å²) in [5.74, 6) is 0.695. The number of nitrogens with zero attached hydrogens (tertiary/aromatic N) is 4. The second-order valence-corrected chi connectivity index (χ2v) is 14.6. The van der Waals surface area contributed by atoms with Crippen molar-refractivity contribution in [1.82, 2.24) is 19.1 Å². The van der Waals surface area contributed by atoms with Crippen LogP contribution in [0, 0.1) is 0 Å². The van der Waals surface area contributed by atoms with Gasteiger partial charge in [-0.15, -0.1) is 0 Å². The molecule has 0 bridgehead atoms. The zero-order valence-electron chi connectivity index (χ0n) is 30.3. The third-order valence-corrected chi connectivity index (χ3v) is 11.5. The van der Waals surface area contributed by atoms with E-state index in [-0.39, 0.29) is 0 Å². The largest absolute Gasteiger partial charge is 0.309 e. The highest BCUT2D eigenvalue weighted by atomic mass is 15.0. The first-order valence-electron chi connectivity index (χ1n) is 19.1. The number of hydrogen-bond acceptors (Lipinski definition) is 2. The number of fused-ring (bicyclic) bond motifs is 11. The van der Waals surface area contributed by atoms with Crippen LogP contribution >= 0.6 is 0 Å². The van der Waals surface area contributed by atoms with Crippen molar-refractivity contribution in [2.45, 2.75) is 0 Å². The van der Waals surface area contributed by atoms with E-state index >= 15 is 0 Å². The molecule has 0 atom stereocenters. The molecule has 0 saturated carbocycles. The monoisotopic (exact) mass is 712 g/mol. The Morgan fingerprint density at radius 3 is 1.66 bits per heavy atom. The van der Waals surface area contributed by atoms with Gasteiger partial charge in [0.05, 0.1) is 33.3 Å². The van der Waals surface area contributed by atoms with E-state index in [1.807, 2.05) is 0 Å². The van der Waals surface area contributed by atoms with Gasteiger partial charge < -0.3 is 9.13 Å². The maximum absolute atomic E-state index is 5.40. The Morgan fingerprint density at radius 2 is 0.911 bits per heavy atom. The summed E-state index contributed by atoms with van der Waals surface area (Å²) < 4.78 is 4.77. The summed E-state index contributed by atoms with van der Waals surface area (Å²) in [4.78, 5) is 10.6. The van der Waals surface area contributed by atoms with Crippen molar-refractivity contribution in [3.63, 3.8) is 0 Å². The van der Waals surface area contributed by atoms with Gasteiger partial charge in [0.15, 0.2) is 5.82 Å². The van der Waals surface area contributed by atoms with Gasteiger partial charge in [-0.25, -0.2) is 9.97 Å². The first-order chi connectivity index (χ1) is 27.8. The molecule has 0 aliphatic rings. The molecular weight excluding hydrogens is 681 g/mol. The lowest BCUT2D eigenvalue weighted by Crippen LogP contribution is -1.98. The van der Waals surface area contributed by atoms with Crippen LogP contribution in [0.15, 0.2) is 194 Å². The fourth-order valence-electron chi connectivity index (χ4n) is 9.01. The minimum Gasteiger partial charge on any atom is -0.309 e. The quantitative estimate of drug-likeness (QED) is 0.182. The standard InChI is InChI=1S/C52H32N4/c1-2-16-37(17-3-1)55-45-24-11-9-21-41(45)42-28-25-35(32-48(42)55)51-43-22-8-10-23-44(43)53-52(54-51)36-15-12-18-38(31-36)56-46-29-26-33-13-4-6-19-39(33)49(46)50-40-20-7-5-14-34(40)27-30-47(50)56/h1-32H. The van der Waals surface area contributed by atoms with E-state index in [1.54, 1.807) is 0 Å². The topological polar surface area (TPSA) is 35.6 Å². The zero-order chi connectivity index (χ0) is 36.7. The molecule has 0 spiro atoms. The Kier molecular flexibility index (Phi) is 6.60. The summed E-state index contributed by atoms with van der Waals surface area (Å²) in [6, 6.07) is 69.5. The van der Waals surface area contributed by atoms with Crippen LogP contribution in [0.25, 0.3) is 110 Å². The van der Waals surface area contributed by atoms with Gasteiger partial charge in [-0.05, 0) is 76.1 Å². The molecule has 9 aromatic carbocycles. The maximum Gasteiger partial charge on any atom is 0.160 e.